The highest BCUT2D eigenvalue weighted by molar-refractivity contribution is 6.30. The van der Waals surface area contributed by atoms with Gasteiger partial charge >= 0.3 is 5.97 Å². The predicted molar refractivity (Wildman–Crippen MR) is 71.9 cm³/mol. The van der Waals surface area contributed by atoms with E-state index in [1.807, 2.05) is 36.1 Å². The fourth-order valence-electron chi connectivity index (χ4n) is 1.57. The topological polar surface area (TPSA) is 40.5 Å². The highest BCUT2D eigenvalue weighted by atomic mass is 35.5. The first kappa shape index (κ1) is 16.2. The molecule has 0 aliphatic carbocycles. The molecular weight excluding hydrogens is 261 g/mol. The second kappa shape index (κ2) is 8.34. The number of benzene rings is 1. The zero-order chi connectivity index (χ0) is 12.0. The Kier molecular flexibility index (Phi) is 7.96. The Hall–Kier alpha value is -0.770. The lowest BCUT2D eigenvalue weighted by Gasteiger charge is -2.19. The van der Waals surface area contributed by atoms with Crippen LogP contribution in [0.1, 0.15) is 18.9 Å². The average Bonchev–Trinajstić information content (AvgIpc) is 2.21. The second-order valence-corrected chi connectivity index (χ2v) is 4.17. The van der Waals surface area contributed by atoms with Gasteiger partial charge in [-0.05, 0) is 30.7 Å². The van der Waals surface area contributed by atoms with Crippen molar-refractivity contribution in [2.24, 2.45) is 0 Å². The van der Waals surface area contributed by atoms with Gasteiger partial charge in [0.05, 0.1) is 6.54 Å². The van der Waals surface area contributed by atoms with Gasteiger partial charge in [-0.15, -0.1) is 12.4 Å². The van der Waals surface area contributed by atoms with E-state index in [0.717, 1.165) is 18.5 Å². The van der Waals surface area contributed by atoms with Gasteiger partial charge in [-0.3, -0.25) is 9.69 Å². The van der Waals surface area contributed by atoms with Gasteiger partial charge in [-0.1, -0.05) is 30.7 Å². The van der Waals surface area contributed by atoms with Crippen LogP contribution < -0.4 is 0 Å². The van der Waals surface area contributed by atoms with E-state index in [-0.39, 0.29) is 19.0 Å². The minimum absolute atomic E-state index is 0. The summed E-state index contributed by atoms with van der Waals surface area (Å²) in [6.45, 7) is 3.55. The van der Waals surface area contributed by atoms with Crippen LogP contribution in [0.4, 0.5) is 0 Å². The van der Waals surface area contributed by atoms with Crippen molar-refractivity contribution in [2.45, 2.75) is 19.9 Å². The van der Waals surface area contributed by atoms with Gasteiger partial charge in [0, 0.05) is 11.6 Å². The van der Waals surface area contributed by atoms with E-state index in [9.17, 15) is 4.79 Å². The monoisotopic (exact) mass is 277 g/mol. The number of aliphatic carboxylic acids is 1. The van der Waals surface area contributed by atoms with Gasteiger partial charge in [0.15, 0.2) is 0 Å². The van der Waals surface area contributed by atoms with E-state index in [1.54, 1.807) is 0 Å². The molecule has 0 fully saturated rings. The summed E-state index contributed by atoms with van der Waals surface area (Å²) in [7, 11) is 0. The highest BCUT2D eigenvalue weighted by Crippen LogP contribution is 2.11. The van der Waals surface area contributed by atoms with Crippen LogP contribution in [0.2, 0.25) is 5.02 Å². The summed E-state index contributed by atoms with van der Waals surface area (Å²) < 4.78 is 0. The number of rotatable bonds is 6. The molecule has 0 saturated carbocycles. The second-order valence-electron chi connectivity index (χ2n) is 3.73. The maximum Gasteiger partial charge on any atom is 0.317 e. The molecule has 1 N–H and O–H groups in total. The lowest BCUT2D eigenvalue weighted by Crippen LogP contribution is -2.30. The van der Waals surface area contributed by atoms with Crippen LogP contribution in [0.3, 0.4) is 0 Å². The normalized spacial score (nSPS) is 10.1. The summed E-state index contributed by atoms with van der Waals surface area (Å²) in [4.78, 5) is 12.6. The Morgan fingerprint density at radius 1 is 1.35 bits per heavy atom. The number of hydrogen-bond donors (Lipinski definition) is 1. The van der Waals surface area contributed by atoms with E-state index >= 15 is 0 Å². The molecule has 17 heavy (non-hydrogen) atoms. The van der Waals surface area contributed by atoms with Crippen LogP contribution in [-0.2, 0) is 11.3 Å². The first-order valence-electron chi connectivity index (χ1n) is 5.30. The summed E-state index contributed by atoms with van der Waals surface area (Å²) in [5.74, 6) is -0.789. The van der Waals surface area contributed by atoms with Gasteiger partial charge in [-0.25, -0.2) is 0 Å². The molecular formula is C12H17Cl2NO2. The van der Waals surface area contributed by atoms with Crippen molar-refractivity contribution in [2.75, 3.05) is 13.1 Å². The molecule has 96 valence electrons. The Morgan fingerprint density at radius 3 is 2.41 bits per heavy atom. The molecule has 0 amide bonds. The van der Waals surface area contributed by atoms with Crippen molar-refractivity contribution >= 4 is 30.0 Å². The summed E-state index contributed by atoms with van der Waals surface area (Å²) in [6, 6.07) is 7.49. The van der Waals surface area contributed by atoms with Crippen molar-refractivity contribution < 1.29 is 9.90 Å². The van der Waals surface area contributed by atoms with Crippen molar-refractivity contribution in [3.63, 3.8) is 0 Å². The molecule has 0 saturated heterocycles. The van der Waals surface area contributed by atoms with Crippen LogP contribution in [-0.4, -0.2) is 29.1 Å². The molecule has 0 bridgehead atoms. The maximum atomic E-state index is 10.7. The fraction of sp³-hybridized carbons (Fsp3) is 0.417. The third-order valence-corrected chi connectivity index (χ3v) is 2.47. The largest absolute Gasteiger partial charge is 0.480 e. The van der Waals surface area contributed by atoms with Crippen molar-refractivity contribution in [3.8, 4) is 0 Å². The van der Waals surface area contributed by atoms with Crippen LogP contribution in [0.25, 0.3) is 0 Å². The molecule has 3 nitrogen and oxygen atoms in total. The number of halogens is 2. The minimum Gasteiger partial charge on any atom is -0.480 e. The lowest BCUT2D eigenvalue weighted by molar-refractivity contribution is -0.138. The number of carboxylic acids is 1. The van der Waals surface area contributed by atoms with Crippen LogP contribution in [0, 0.1) is 0 Å². The maximum absolute atomic E-state index is 10.7. The Morgan fingerprint density at radius 2 is 1.94 bits per heavy atom. The number of nitrogens with zero attached hydrogens (tertiary/aromatic N) is 1. The smallest absolute Gasteiger partial charge is 0.317 e. The molecule has 1 aromatic carbocycles. The zero-order valence-electron chi connectivity index (χ0n) is 9.73. The summed E-state index contributed by atoms with van der Waals surface area (Å²) >= 11 is 5.79. The van der Waals surface area contributed by atoms with Gasteiger partial charge in [0.2, 0.25) is 0 Å². The molecule has 0 radical (unpaired) electrons. The molecule has 0 aliphatic rings. The van der Waals surface area contributed by atoms with E-state index < -0.39 is 5.97 Å². The Balaban J connectivity index is 0.00000256. The van der Waals surface area contributed by atoms with Gasteiger partial charge in [-0.2, -0.15) is 0 Å². The summed E-state index contributed by atoms with van der Waals surface area (Å²) in [5.41, 5.74) is 1.08. The van der Waals surface area contributed by atoms with E-state index in [1.165, 1.54) is 0 Å². The predicted octanol–water partition coefficient (Wildman–Crippen LogP) is 3.06. The number of carboxylic acid groups (broad SMARTS) is 1. The van der Waals surface area contributed by atoms with Gasteiger partial charge in [0.25, 0.3) is 0 Å². The summed E-state index contributed by atoms with van der Waals surface area (Å²) in [6.07, 6.45) is 0.945. The molecule has 0 spiro atoms. The van der Waals surface area contributed by atoms with Crippen molar-refractivity contribution in [1.29, 1.82) is 0 Å². The molecule has 5 heteroatoms. The van der Waals surface area contributed by atoms with E-state index in [4.69, 9.17) is 16.7 Å². The van der Waals surface area contributed by atoms with Crippen LogP contribution in [0.5, 0.6) is 0 Å². The third kappa shape index (κ3) is 6.51. The average molecular weight is 278 g/mol. The number of hydrogen-bond acceptors (Lipinski definition) is 2. The van der Waals surface area contributed by atoms with Crippen molar-refractivity contribution in [3.05, 3.63) is 34.9 Å². The Bertz CT molecular complexity index is 341. The SMILES string of the molecule is CCCN(CC(=O)O)Cc1ccc(Cl)cc1.Cl. The van der Waals surface area contributed by atoms with E-state index in [2.05, 4.69) is 0 Å². The Labute approximate surface area is 113 Å². The summed E-state index contributed by atoms with van der Waals surface area (Å²) in [5, 5.41) is 9.47. The van der Waals surface area contributed by atoms with E-state index in [0.29, 0.717) is 11.6 Å². The molecule has 0 aliphatic heterocycles. The third-order valence-electron chi connectivity index (χ3n) is 2.22. The molecule has 0 unspecified atom stereocenters. The molecule has 0 atom stereocenters. The lowest BCUT2D eigenvalue weighted by atomic mass is 10.2. The zero-order valence-corrected chi connectivity index (χ0v) is 11.3. The van der Waals surface area contributed by atoms with Crippen LogP contribution in [0.15, 0.2) is 24.3 Å². The molecule has 0 aromatic heterocycles. The molecule has 1 aromatic rings. The quantitative estimate of drug-likeness (QED) is 0.869. The fourth-order valence-corrected chi connectivity index (χ4v) is 1.70. The highest BCUT2D eigenvalue weighted by Gasteiger charge is 2.08. The van der Waals surface area contributed by atoms with Crippen LogP contribution >= 0.6 is 24.0 Å². The van der Waals surface area contributed by atoms with Gasteiger partial charge < -0.3 is 5.11 Å². The first-order valence-corrected chi connectivity index (χ1v) is 5.68. The molecule has 1 rings (SSSR count). The first-order chi connectivity index (χ1) is 7.61. The standard InChI is InChI=1S/C12H16ClNO2.ClH/c1-2-7-14(9-12(15)16)8-10-3-5-11(13)6-4-10;/h3-6H,2,7-9H2,1H3,(H,15,16);1H. The minimum atomic E-state index is -0.789. The number of carbonyl (C=O) groups is 1. The molecule has 0 heterocycles. The van der Waals surface area contributed by atoms with Gasteiger partial charge in [0.1, 0.15) is 0 Å². The van der Waals surface area contributed by atoms with Crippen molar-refractivity contribution in [1.82, 2.24) is 4.90 Å².